The zero-order valence-electron chi connectivity index (χ0n) is 11.8. The molecular formula is C16H17N3O. The molecule has 0 spiro atoms. The van der Waals surface area contributed by atoms with E-state index in [2.05, 4.69) is 30.6 Å². The van der Waals surface area contributed by atoms with E-state index in [-0.39, 0.29) is 17.1 Å². The average Bonchev–Trinajstić information content (AvgIpc) is 2.41. The Kier molecular flexibility index (Phi) is 3.62. The first kappa shape index (κ1) is 13.9. The Morgan fingerprint density at radius 2 is 1.85 bits per heavy atom. The standard InChI is InChI=1S/C16H17N3O/c1-16(2,3)11-7-5-6-8-13(11)20-15-12(17)9-10-14(18-4)19-15/h5-10H,17H2,1-3H3. The molecule has 0 atom stereocenters. The van der Waals surface area contributed by atoms with Crippen LogP contribution in [0.1, 0.15) is 26.3 Å². The second-order valence-corrected chi connectivity index (χ2v) is 5.52. The molecule has 1 aromatic carbocycles. The molecule has 0 saturated carbocycles. The number of benzene rings is 1. The molecule has 20 heavy (non-hydrogen) atoms. The summed E-state index contributed by atoms with van der Waals surface area (Å²) in [5.41, 5.74) is 7.29. The summed E-state index contributed by atoms with van der Waals surface area (Å²) in [6.07, 6.45) is 0. The minimum atomic E-state index is -0.0528. The van der Waals surface area contributed by atoms with Crippen LogP contribution >= 0.6 is 0 Å². The maximum absolute atomic E-state index is 7.00. The fraction of sp³-hybridized carbons (Fsp3) is 0.250. The monoisotopic (exact) mass is 267 g/mol. The molecule has 2 aromatic rings. The van der Waals surface area contributed by atoms with Gasteiger partial charge in [-0.15, -0.1) is 0 Å². The zero-order chi connectivity index (χ0) is 14.8. The van der Waals surface area contributed by atoms with Gasteiger partial charge < -0.3 is 15.3 Å². The van der Waals surface area contributed by atoms with Crippen molar-refractivity contribution in [3.8, 4) is 11.6 Å². The average molecular weight is 267 g/mol. The highest BCUT2D eigenvalue weighted by Gasteiger charge is 2.20. The molecule has 2 rings (SSSR count). The van der Waals surface area contributed by atoms with Gasteiger partial charge in [-0.3, -0.25) is 0 Å². The van der Waals surface area contributed by atoms with Crippen LogP contribution in [0.3, 0.4) is 0 Å². The van der Waals surface area contributed by atoms with E-state index in [9.17, 15) is 0 Å². The molecule has 1 aromatic heterocycles. The van der Waals surface area contributed by atoms with Crippen molar-refractivity contribution in [3.63, 3.8) is 0 Å². The first-order valence-electron chi connectivity index (χ1n) is 6.33. The predicted octanol–water partition coefficient (Wildman–Crippen LogP) is 4.30. The van der Waals surface area contributed by atoms with Crippen LogP contribution in [0, 0.1) is 6.57 Å². The molecule has 0 unspecified atom stereocenters. The van der Waals surface area contributed by atoms with Gasteiger partial charge in [0, 0.05) is 5.56 Å². The van der Waals surface area contributed by atoms with E-state index in [1.807, 2.05) is 24.3 Å². The summed E-state index contributed by atoms with van der Waals surface area (Å²) in [6.45, 7) is 13.3. The number of hydrogen-bond donors (Lipinski definition) is 1. The van der Waals surface area contributed by atoms with Crippen LogP contribution in [0.5, 0.6) is 11.6 Å². The lowest BCUT2D eigenvalue weighted by Gasteiger charge is -2.21. The Balaban J connectivity index is 2.44. The van der Waals surface area contributed by atoms with Gasteiger partial charge in [0.1, 0.15) is 11.4 Å². The van der Waals surface area contributed by atoms with E-state index in [0.717, 1.165) is 5.56 Å². The largest absolute Gasteiger partial charge is 0.420 e. The van der Waals surface area contributed by atoms with Crippen LogP contribution < -0.4 is 10.5 Å². The van der Waals surface area contributed by atoms with Crippen LogP contribution in [-0.2, 0) is 5.41 Å². The van der Waals surface area contributed by atoms with Crippen molar-refractivity contribution >= 4 is 11.5 Å². The summed E-state index contributed by atoms with van der Waals surface area (Å²) in [4.78, 5) is 7.40. The van der Waals surface area contributed by atoms with E-state index in [4.69, 9.17) is 17.0 Å². The minimum Gasteiger partial charge on any atom is -0.420 e. The number of nitrogens with zero attached hydrogens (tertiary/aromatic N) is 2. The molecule has 102 valence electrons. The maximum atomic E-state index is 7.00. The zero-order valence-corrected chi connectivity index (χ0v) is 11.8. The third-order valence-corrected chi connectivity index (χ3v) is 2.89. The molecule has 0 amide bonds. The van der Waals surface area contributed by atoms with Gasteiger partial charge in [0.2, 0.25) is 0 Å². The van der Waals surface area contributed by atoms with Crippen LogP contribution in [0.4, 0.5) is 11.5 Å². The van der Waals surface area contributed by atoms with Gasteiger partial charge in [-0.05, 0) is 23.6 Å². The molecule has 4 nitrogen and oxygen atoms in total. The van der Waals surface area contributed by atoms with Gasteiger partial charge in [0.05, 0.1) is 0 Å². The van der Waals surface area contributed by atoms with E-state index < -0.39 is 0 Å². The Morgan fingerprint density at radius 1 is 1.15 bits per heavy atom. The van der Waals surface area contributed by atoms with E-state index in [0.29, 0.717) is 11.4 Å². The molecular weight excluding hydrogens is 250 g/mol. The van der Waals surface area contributed by atoms with Crippen molar-refractivity contribution in [2.24, 2.45) is 0 Å². The number of aromatic nitrogens is 1. The second kappa shape index (κ2) is 5.22. The predicted molar refractivity (Wildman–Crippen MR) is 80.1 cm³/mol. The molecule has 0 aliphatic carbocycles. The van der Waals surface area contributed by atoms with Gasteiger partial charge in [-0.25, -0.2) is 0 Å². The summed E-state index contributed by atoms with van der Waals surface area (Å²) in [7, 11) is 0. The normalized spacial score (nSPS) is 10.9. The summed E-state index contributed by atoms with van der Waals surface area (Å²) in [6, 6.07) is 11.0. The Labute approximate surface area is 119 Å². The van der Waals surface area contributed by atoms with E-state index in [1.165, 1.54) is 0 Å². The number of anilines is 1. The van der Waals surface area contributed by atoms with Crippen LogP contribution in [0.15, 0.2) is 36.4 Å². The third-order valence-electron chi connectivity index (χ3n) is 2.89. The number of pyridine rings is 1. The minimum absolute atomic E-state index is 0.0528. The van der Waals surface area contributed by atoms with Gasteiger partial charge >= 0.3 is 5.88 Å². The molecule has 1 heterocycles. The third kappa shape index (κ3) is 2.89. The number of hydrogen-bond acceptors (Lipinski definition) is 3. The molecule has 4 heteroatoms. The fourth-order valence-corrected chi connectivity index (χ4v) is 1.86. The van der Waals surface area contributed by atoms with Gasteiger partial charge in [-0.2, -0.15) is 0 Å². The summed E-state index contributed by atoms with van der Waals surface area (Å²) >= 11 is 0. The number of para-hydroxylation sites is 1. The smallest absolute Gasteiger partial charge is 0.338 e. The quantitative estimate of drug-likeness (QED) is 0.825. The van der Waals surface area contributed by atoms with E-state index >= 15 is 0 Å². The van der Waals surface area contributed by atoms with Crippen LogP contribution in [0.25, 0.3) is 4.85 Å². The molecule has 0 aliphatic rings. The molecule has 0 radical (unpaired) electrons. The second-order valence-electron chi connectivity index (χ2n) is 5.52. The van der Waals surface area contributed by atoms with Crippen molar-refractivity contribution in [1.29, 1.82) is 0 Å². The SMILES string of the molecule is [C-]#[N+]c1ccc(N)c(Oc2ccccc2C(C)(C)C)n1. The van der Waals surface area contributed by atoms with Crippen LogP contribution in [-0.4, -0.2) is 4.98 Å². The Morgan fingerprint density at radius 3 is 2.50 bits per heavy atom. The van der Waals surface area contributed by atoms with Crippen molar-refractivity contribution in [2.75, 3.05) is 5.73 Å². The summed E-state index contributed by atoms with van der Waals surface area (Å²) in [5, 5.41) is 0. The molecule has 0 aliphatic heterocycles. The van der Waals surface area contributed by atoms with Gasteiger partial charge in [0.15, 0.2) is 0 Å². The number of nitrogen functional groups attached to an aromatic ring is 1. The van der Waals surface area contributed by atoms with E-state index in [1.54, 1.807) is 12.1 Å². The van der Waals surface area contributed by atoms with Gasteiger partial charge in [0.25, 0.3) is 5.82 Å². The van der Waals surface area contributed by atoms with Gasteiger partial charge in [-0.1, -0.05) is 50.5 Å². The van der Waals surface area contributed by atoms with Crippen LogP contribution in [0.2, 0.25) is 0 Å². The highest BCUT2D eigenvalue weighted by molar-refractivity contribution is 5.55. The van der Waals surface area contributed by atoms with Crippen molar-refractivity contribution in [1.82, 2.24) is 4.98 Å². The lowest BCUT2D eigenvalue weighted by Crippen LogP contribution is -2.12. The lowest BCUT2D eigenvalue weighted by molar-refractivity contribution is 0.443. The Bertz CT molecular complexity index is 666. The first-order chi connectivity index (χ1) is 9.41. The fourth-order valence-electron chi connectivity index (χ4n) is 1.86. The number of nitrogens with two attached hydrogens (primary N) is 1. The molecule has 0 saturated heterocycles. The van der Waals surface area contributed by atoms with Crippen molar-refractivity contribution in [3.05, 3.63) is 53.4 Å². The molecule has 0 bridgehead atoms. The molecule has 2 N–H and O–H groups in total. The number of ether oxygens (including phenoxy) is 1. The van der Waals surface area contributed by atoms with Crippen molar-refractivity contribution in [2.45, 2.75) is 26.2 Å². The number of rotatable bonds is 2. The maximum Gasteiger partial charge on any atom is 0.338 e. The highest BCUT2D eigenvalue weighted by Crippen LogP contribution is 2.35. The Hall–Kier alpha value is -2.54. The first-order valence-corrected chi connectivity index (χ1v) is 6.33. The molecule has 0 fully saturated rings. The topological polar surface area (TPSA) is 52.5 Å². The van der Waals surface area contributed by atoms with Crippen molar-refractivity contribution < 1.29 is 4.74 Å². The summed E-state index contributed by atoms with van der Waals surface area (Å²) < 4.78 is 5.83. The highest BCUT2D eigenvalue weighted by atomic mass is 16.5. The lowest BCUT2D eigenvalue weighted by atomic mass is 9.86. The summed E-state index contributed by atoms with van der Waals surface area (Å²) in [5.74, 6) is 1.25.